The molecule has 2 rings (SSSR count). The van der Waals surface area contributed by atoms with E-state index < -0.39 is 21.9 Å². The second-order valence-electron chi connectivity index (χ2n) is 4.84. The second kappa shape index (κ2) is 5.83. The van der Waals surface area contributed by atoms with Crippen molar-refractivity contribution < 1.29 is 17.9 Å². The molecule has 0 aliphatic rings. The number of aryl methyl sites for hydroxylation is 1. The molecular formula is C15H16FNO3S. The number of nitrogens with one attached hydrogen (secondary N) is 1. The van der Waals surface area contributed by atoms with Crippen molar-refractivity contribution in [3.8, 4) is 0 Å². The highest BCUT2D eigenvalue weighted by molar-refractivity contribution is 7.92. The lowest BCUT2D eigenvalue weighted by Gasteiger charge is -2.11. The molecular weight excluding hydrogens is 293 g/mol. The van der Waals surface area contributed by atoms with Gasteiger partial charge in [-0.2, -0.15) is 0 Å². The number of aliphatic hydroxyl groups excluding tert-OH is 1. The van der Waals surface area contributed by atoms with Crippen LogP contribution in [0.3, 0.4) is 0 Å². The van der Waals surface area contributed by atoms with Crippen LogP contribution in [0.2, 0.25) is 0 Å². The Hall–Kier alpha value is -1.92. The topological polar surface area (TPSA) is 66.4 Å². The molecule has 0 heterocycles. The minimum Gasteiger partial charge on any atom is -0.389 e. The number of rotatable bonds is 4. The highest BCUT2D eigenvalue weighted by atomic mass is 32.2. The van der Waals surface area contributed by atoms with E-state index >= 15 is 0 Å². The summed E-state index contributed by atoms with van der Waals surface area (Å²) in [5, 5.41) is 9.50. The largest absolute Gasteiger partial charge is 0.389 e. The molecule has 0 aliphatic carbocycles. The highest BCUT2D eigenvalue weighted by Gasteiger charge is 2.17. The van der Waals surface area contributed by atoms with Crippen LogP contribution < -0.4 is 4.72 Å². The molecule has 0 amide bonds. The second-order valence-corrected chi connectivity index (χ2v) is 6.52. The summed E-state index contributed by atoms with van der Waals surface area (Å²) in [6.07, 6.45) is -0.781. The van der Waals surface area contributed by atoms with Crippen molar-refractivity contribution in [2.24, 2.45) is 0 Å². The van der Waals surface area contributed by atoms with Gasteiger partial charge < -0.3 is 5.11 Å². The minimum absolute atomic E-state index is 0.0270. The predicted octanol–water partition coefficient (Wildman–Crippen LogP) is 2.99. The van der Waals surface area contributed by atoms with Crippen LogP contribution in [0.1, 0.15) is 24.2 Å². The molecule has 0 saturated carbocycles. The van der Waals surface area contributed by atoms with Crippen molar-refractivity contribution in [1.82, 2.24) is 0 Å². The van der Waals surface area contributed by atoms with Gasteiger partial charge in [-0.15, -0.1) is 0 Å². The normalized spacial score (nSPS) is 13.0. The first kappa shape index (κ1) is 15.5. The smallest absolute Gasteiger partial charge is 0.261 e. The van der Waals surface area contributed by atoms with E-state index in [2.05, 4.69) is 4.72 Å². The number of benzene rings is 2. The van der Waals surface area contributed by atoms with Gasteiger partial charge in [-0.3, -0.25) is 4.72 Å². The van der Waals surface area contributed by atoms with Gasteiger partial charge in [0.2, 0.25) is 0 Å². The van der Waals surface area contributed by atoms with Crippen molar-refractivity contribution in [3.05, 3.63) is 59.4 Å². The Balaban J connectivity index is 2.36. The van der Waals surface area contributed by atoms with E-state index in [1.54, 1.807) is 26.0 Å². The van der Waals surface area contributed by atoms with Crippen LogP contribution in [0.4, 0.5) is 10.1 Å². The van der Waals surface area contributed by atoms with Crippen LogP contribution in [0.15, 0.2) is 47.4 Å². The van der Waals surface area contributed by atoms with E-state index in [0.717, 1.165) is 0 Å². The Morgan fingerprint density at radius 2 is 1.90 bits per heavy atom. The van der Waals surface area contributed by atoms with E-state index in [4.69, 9.17) is 0 Å². The standard InChI is InChI=1S/C15H16FNO3S/c1-10-6-7-15(14(16)8-10)17-21(19,20)13-5-3-4-12(9-13)11(2)18/h3-9,11,17-18H,1-2H3. The molecule has 2 aromatic rings. The zero-order valence-electron chi connectivity index (χ0n) is 11.7. The third-order valence-electron chi connectivity index (χ3n) is 3.02. The van der Waals surface area contributed by atoms with E-state index in [1.807, 2.05) is 0 Å². The van der Waals surface area contributed by atoms with Crippen molar-refractivity contribution in [2.75, 3.05) is 4.72 Å². The summed E-state index contributed by atoms with van der Waals surface area (Å²) in [5.74, 6) is -0.634. The van der Waals surface area contributed by atoms with Gasteiger partial charge in [0.1, 0.15) is 5.82 Å². The quantitative estimate of drug-likeness (QED) is 0.912. The number of halogens is 1. The van der Waals surface area contributed by atoms with Gasteiger partial charge in [-0.05, 0) is 49.2 Å². The van der Waals surface area contributed by atoms with Gasteiger partial charge in [0.05, 0.1) is 16.7 Å². The van der Waals surface area contributed by atoms with Crippen LogP contribution in [-0.2, 0) is 10.0 Å². The molecule has 0 aliphatic heterocycles. The van der Waals surface area contributed by atoms with Crippen molar-refractivity contribution in [2.45, 2.75) is 24.8 Å². The fraction of sp³-hybridized carbons (Fsp3) is 0.200. The van der Waals surface area contributed by atoms with E-state index in [1.165, 1.54) is 30.3 Å². The summed E-state index contributed by atoms with van der Waals surface area (Å²) in [7, 11) is -3.91. The number of anilines is 1. The monoisotopic (exact) mass is 309 g/mol. The number of hydrogen-bond acceptors (Lipinski definition) is 3. The zero-order valence-corrected chi connectivity index (χ0v) is 12.5. The average Bonchev–Trinajstić information content (AvgIpc) is 2.42. The highest BCUT2D eigenvalue weighted by Crippen LogP contribution is 2.22. The molecule has 1 atom stereocenters. The molecule has 6 heteroatoms. The third-order valence-corrected chi connectivity index (χ3v) is 4.38. The first-order chi connectivity index (χ1) is 9.79. The lowest BCUT2D eigenvalue weighted by molar-refractivity contribution is 0.199. The lowest BCUT2D eigenvalue weighted by Crippen LogP contribution is -2.14. The molecule has 0 saturated heterocycles. The first-order valence-electron chi connectivity index (χ1n) is 6.36. The summed E-state index contributed by atoms with van der Waals surface area (Å²) < 4.78 is 40.5. The van der Waals surface area contributed by atoms with Crippen LogP contribution in [0, 0.1) is 12.7 Å². The fourth-order valence-electron chi connectivity index (χ4n) is 1.85. The van der Waals surface area contributed by atoms with Crippen molar-refractivity contribution in [3.63, 3.8) is 0 Å². The summed E-state index contributed by atoms with van der Waals surface area (Å²) in [6, 6.07) is 10.1. The molecule has 0 bridgehead atoms. The van der Waals surface area contributed by atoms with Gasteiger partial charge in [-0.25, -0.2) is 12.8 Å². The number of hydrogen-bond donors (Lipinski definition) is 2. The Morgan fingerprint density at radius 3 is 2.52 bits per heavy atom. The molecule has 112 valence electrons. The molecule has 2 aromatic carbocycles. The summed E-state index contributed by atoms with van der Waals surface area (Å²) in [5.41, 5.74) is 1.07. The van der Waals surface area contributed by atoms with Crippen LogP contribution in [0.5, 0.6) is 0 Å². The summed E-state index contributed by atoms with van der Waals surface area (Å²) >= 11 is 0. The molecule has 21 heavy (non-hydrogen) atoms. The van der Waals surface area contributed by atoms with Gasteiger partial charge in [0, 0.05) is 0 Å². The average molecular weight is 309 g/mol. The maximum atomic E-state index is 13.7. The summed E-state index contributed by atoms with van der Waals surface area (Å²) in [6.45, 7) is 3.26. The molecule has 2 N–H and O–H groups in total. The maximum Gasteiger partial charge on any atom is 0.261 e. The minimum atomic E-state index is -3.91. The first-order valence-corrected chi connectivity index (χ1v) is 7.85. The Kier molecular flexibility index (Phi) is 4.29. The zero-order chi connectivity index (χ0) is 15.6. The van der Waals surface area contributed by atoms with Crippen LogP contribution in [-0.4, -0.2) is 13.5 Å². The van der Waals surface area contributed by atoms with Crippen molar-refractivity contribution in [1.29, 1.82) is 0 Å². The summed E-state index contributed by atoms with van der Waals surface area (Å²) in [4.78, 5) is -0.0270. The molecule has 0 spiro atoms. The van der Waals surface area contributed by atoms with E-state index in [0.29, 0.717) is 11.1 Å². The SMILES string of the molecule is Cc1ccc(NS(=O)(=O)c2cccc(C(C)O)c2)c(F)c1. The Labute approximate surface area is 123 Å². The number of aliphatic hydroxyl groups is 1. The number of sulfonamides is 1. The Bertz CT molecular complexity index is 757. The molecule has 1 unspecified atom stereocenters. The Morgan fingerprint density at radius 1 is 1.19 bits per heavy atom. The third kappa shape index (κ3) is 3.59. The molecule has 0 fully saturated rings. The fourth-order valence-corrected chi connectivity index (χ4v) is 2.97. The maximum absolute atomic E-state index is 13.7. The van der Waals surface area contributed by atoms with E-state index in [-0.39, 0.29) is 10.6 Å². The molecule has 4 nitrogen and oxygen atoms in total. The molecule has 0 aromatic heterocycles. The van der Waals surface area contributed by atoms with Gasteiger partial charge in [-0.1, -0.05) is 18.2 Å². The van der Waals surface area contributed by atoms with Gasteiger partial charge >= 0.3 is 0 Å². The lowest BCUT2D eigenvalue weighted by atomic mass is 10.1. The van der Waals surface area contributed by atoms with Gasteiger partial charge in [0.15, 0.2) is 0 Å². The van der Waals surface area contributed by atoms with Crippen molar-refractivity contribution >= 4 is 15.7 Å². The van der Waals surface area contributed by atoms with E-state index in [9.17, 15) is 17.9 Å². The predicted molar refractivity (Wildman–Crippen MR) is 79.0 cm³/mol. The van der Waals surface area contributed by atoms with Gasteiger partial charge in [0.25, 0.3) is 10.0 Å². The van der Waals surface area contributed by atoms with Crippen LogP contribution in [0.25, 0.3) is 0 Å². The molecule has 0 radical (unpaired) electrons. The van der Waals surface area contributed by atoms with Crippen LogP contribution >= 0.6 is 0 Å².